The molecular weight excluding hydrogens is 278 g/mol. The Morgan fingerprint density at radius 2 is 1.25 bits per heavy atom. The first-order valence-electron chi connectivity index (χ1n) is 2.49. The molecule has 0 rings (SSSR count). The first-order chi connectivity index (χ1) is 5.07. The maximum atomic E-state index is 10.4. The molecule has 0 aromatic carbocycles. The van der Waals surface area contributed by atoms with Gasteiger partial charge in [0.15, 0.2) is 5.40 Å². The van der Waals surface area contributed by atoms with Gasteiger partial charge in [-0.25, -0.2) is 0 Å². The van der Waals surface area contributed by atoms with Crippen molar-refractivity contribution in [2.24, 2.45) is 0 Å². The third kappa shape index (κ3) is 3.64. The molecule has 1 unspecified atom stereocenters. The third-order valence-corrected chi connectivity index (χ3v) is 6.03. The SMILES string of the molecule is O=P(O)(O)C(C(O)Br)P(=O)(O)O. The highest BCUT2D eigenvalue weighted by Crippen LogP contribution is 2.61. The van der Waals surface area contributed by atoms with Gasteiger partial charge in [-0.3, -0.25) is 9.13 Å². The molecule has 10 heteroatoms. The van der Waals surface area contributed by atoms with E-state index in [1.54, 1.807) is 0 Å². The predicted molar refractivity (Wildman–Crippen MR) is 42.8 cm³/mol. The van der Waals surface area contributed by atoms with E-state index < -0.39 is 25.6 Å². The number of hydrogen-bond acceptors (Lipinski definition) is 3. The van der Waals surface area contributed by atoms with Gasteiger partial charge < -0.3 is 24.7 Å². The van der Waals surface area contributed by atoms with Crippen LogP contribution in [-0.2, 0) is 9.13 Å². The van der Waals surface area contributed by atoms with Crippen LogP contribution in [0.3, 0.4) is 0 Å². The van der Waals surface area contributed by atoms with Gasteiger partial charge in [0.25, 0.3) is 0 Å². The largest absolute Gasteiger partial charge is 0.380 e. The van der Waals surface area contributed by atoms with Crippen LogP contribution in [0.1, 0.15) is 0 Å². The fourth-order valence-corrected chi connectivity index (χ4v) is 4.57. The van der Waals surface area contributed by atoms with E-state index in [1.807, 2.05) is 0 Å². The number of alkyl halides is 1. The van der Waals surface area contributed by atoms with Gasteiger partial charge >= 0.3 is 15.2 Å². The Kier molecular flexibility index (Phi) is 4.09. The molecule has 0 aliphatic heterocycles. The Balaban J connectivity index is 4.97. The second-order valence-corrected chi connectivity index (χ2v) is 6.78. The molecule has 0 amide bonds. The Morgan fingerprint density at radius 1 is 1.00 bits per heavy atom. The van der Waals surface area contributed by atoms with Gasteiger partial charge in [0.2, 0.25) is 0 Å². The minimum absolute atomic E-state index is 1.95. The number of halogens is 1. The summed E-state index contributed by atoms with van der Waals surface area (Å²) in [4.78, 5) is 33.6. The van der Waals surface area contributed by atoms with E-state index in [-0.39, 0.29) is 0 Å². The minimum Gasteiger partial charge on any atom is -0.380 e. The molecule has 0 spiro atoms. The van der Waals surface area contributed by atoms with Crippen molar-refractivity contribution >= 4 is 31.1 Å². The zero-order valence-electron chi connectivity index (χ0n) is 5.48. The standard InChI is InChI=1S/C2H7BrO7P2/c3-1(4)2(11(5,6)7)12(8,9)10/h1-2,4H,(H2,5,6,7)(H2,8,9,10). The molecule has 1 atom stereocenters. The Hall–Kier alpha value is 0.740. The summed E-state index contributed by atoms with van der Waals surface area (Å²) in [5, 5.41) is 4.26. The molecule has 0 aliphatic rings. The van der Waals surface area contributed by atoms with Crippen molar-refractivity contribution in [1.29, 1.82) is 0 Å². The van der Waals surface area contributed by atoms with Crippen molar-refractivity contribution in [3.8, 4) is 0 Å². The van der Waals surface area contributed by atoms with Crippen molar-refractivity contribution in [2.45, 2.75) is 10.4 Å². The van der Waals surface area contributed by atoms with Gasteiger partial charge in [0.1, 0.15) is 5.01 Å². The lowest BCUT2D eigenvalue weighted by Gasteiger charge is -2.20. The zero-order valence-corrected chi connectivity index (χ0v) is 8.85. The normalized spacial score (nSPS) is 16.6. The lowest BCUT2D eigenvalue weighted by molar-refractivity contribution is 0.246. The smallest absolute Gasteiger partial charge is 0.344 e. The van der Waals surface area contributed by atoms with Gasteiger partial charge in [-0.05, 0) is 0 Å². The van der Waals surface area contributed by atoms with Crippen molar-refractivity contribution in [3.05, 3.63) is 0 Å². The molecule has 0 aliphatic carbocycles. The molecular formula is C2H7BrO7P2. The molecule has 0 saturated heterocycles. The highest BCUT2D eigenvalue weighted by Gasteiger charge is 2.47. The molecule has 12 heavy (non-hydrogen) atoms. The summed E-state index contributed by atoms with van der Waals surface area (Å²) in [5.74, 6) is 0. The van der Waals surface area contributed by atoms with Crippen LogP contribution in [0.25, 0.3) is 0 Å². The van der Waals surface area contributed by atoms with Crippen molar-refractivity contribution < 1.29 is 33.8 Å². The van der Waals surface area contributed by atoms with E-state index >= 15 is 0 Å². The Labute approximate surface area is 75.9 Å². The molecule has 0 saturated carbocycles. The van der Waals surface area contributed by atoms with Gasteiger partial charge in [-0.15, -0.1) is 0 Å². The first-order valence-corrected chi connectivity index (χ1v) is 6.77. The lowest BCUT2D eigenvalue weighted by atomic mass is 10.9. The molecule has 0 aromatic rings. The Bertz CT molecular complexity index is 216. The second kappa shape index (κ2) is 3.86. The minimum atomic E-state index is -5.01. The van der Waals surface area contributed by atoms with E-state index in [4.69, 9.17) is 24.7 Å². The maximum Gasteiger partial charge on any atom is 0.344 e. The van der Waals surface area contributed by atoms with E-state index in [2.05, 4.69) is 15.9 Å². The molecule has 0 heterocycles. The predicted octanol–water partition coefficient (Wildman–Crippen LogP) is -0.619. The van der Waals surface area contributed by atoms with E-state index in [1.165, 1.54) is 0 Å². The summed E-state index contributed by atoms with van der Waals surface area (Å²) in [6.45, 7) is 0. The van der Waals surface area contributed by atoms with E-state index in [9.17, 15) is 9.13 Å². The number of rotatable bonds is 3. The molecule has 0 aromatic heterocycles. The Morgan fingerprint density at radius 3 is 1.25 bits per heavy atom. The van der Waals surface area contributed by atoms with Gasteiger partial charge in [-0.2, -0.15) is 0 Å². The van der Waals surface area contributed by atoms with Crippen LogP contribution in [0, 0.1) is 0 Å². The fraction of sp³-hybridized carbons (Fsp3) is 1.00. The topological polar surface area (TPSA) is 135 Å². The van der Waals surface area contributed by atoms with Crippen molar-refractivity contribution in [3.63, 3.8) is 0 Å². The van der Waals surface area contributed by atoms with Gasteiger partial charge in [0.05, 0.1) is 0 Å². The van der Waals surface area contributed by atoms with Crippen LogP contribution in [-0.4, -0.2) is 35.1 Å². The lowest BCUT2D eigenvalue weighted by Crippen LogP contribution is -2.20. The number of aliphatic hydroxyl groups is 1. The average molecular weight is 285 g/mol. The van der Waals surface area contributed by atoms with Crippen LogP contribution < -0.4 is 0 Å². The van der Waals surface area contributed by atoms with Crippen LogP contribution in [0.2, 0.25) is 0 Å². The summed E-state index contributed by atoms with van der Waals surface area (Å²) >= 11 is 2.28. The molecule has 0 fully saturated rings. The van der Waals surface area contributed by atoms with Crippen LogP contribution >= 0.6 is 31.1 Å². The summed E-state index contributed by atoms with van der Waals surface area (Å²) in [5.41, 5.74) is 0. The summed E-state index contributed by atoms with van der Waals surface area (Å²) in [6, 6.07) is 0. The monoisotopic (exact) mass is 284 g/mol. The number of hydrogen-bond donors (Lipinski definition) is 5. The molecule has 74 valence electrons. The summed E-state index contributed by atoms with van der Waals surface area (Å²) in [7, 11) is -10.0. The summed E-state index contributed by atoms with van der Waals surface area (Å²) < 4.78 is 20.9. The van der Waals surface area contributed by atoms with E-state index in [0.29, 0.717) is 0 Å². The van der Waals surface area contributed by atoms with E-state index in [0.717, 1.165) is 0 Å². The first kappa shape index (κ1) is 12.7. The second-order valence-electron chi connectivity index (χ2n) is 1.96. The fourth-order valence-electron chi connectivity index (χ4n) is 0.516. The van der Waals surface area contributed by atoms with Crippen LogP contribution in [0.15, 0.2) is 0 Å². The average Bonchev–Trinajstić information content (AvgIpc) is 1.49. The highest BCUT2D eigenvalue weighted by molar-refractivity contribution is 9.09. The molecule has 7 nitrogen and oxygen atoms in total. The quantitative estimate of drug-likeness (QED) is 0.344. The maximum absolute atomic E-state index is 10.4. The summed E-state index contributed by atoms with van der Waals surface area (Å²) in [6.07, 6.45) is 0. The molecule has 0 bridgehead atoms. The molecule has 0 radical (unpaired) electrons. The van der Waals surface area contributed by atoms with Gasteiger partial charge in [-0.1, -0.05) is 15.9 Å². The third-order valence-electron chi connectivity index (χ3n) is 0.935. The highest BCUT2D eigenvalue weighted by atomic mass is 79.9. The van der Waals surface area contributed by atoms with Crippen molar-refractivity contribution in [1.82, 2.24) is 0 Å². The van der Waals surface area contributed by atoms with Crippen LogP contribution in [0.5, 0.6) is 0 Å². The van der Waals surface area contributed by atoms with Gasteiger partial charge in [0, 0.05) is 0 Å². The van der Waals surface area contributed by atoms with Crippen LogP contribution in [0.4, 0.5) is 0 Å². The molecule has 5 N–H and O–H groups in total. The zero-order chi connectivity index (χ0) is 10.2. The number of aliphatic hydroxyl groups excluding tert-OH is 1. The van der Waals surface area contributed by atoms with Crippen molar-refractivity contribution in [2.75, 3.05) is 0 Å².